The number of hydrogen-bond donors (Lipinski definition) is 4. The van der Waals surface area contributed by atoms with Gasteiger partial charge in [0, 0.05) is 29.5 Å². The summed E-state index contributed by atoms with van der Waals surface area (Å²) in [7, 11) is -1.80. The Morgan fingerprint density at radius 3 is 2.74 bits per heavy atom. The monoisotopic (exact) mass is 302 g/mol. The molecule has 0 aliphatic rings. The number of aromatic nitrogens is 2. The zero-order chi connectivity index (χ0) is 13.9. The van der Waals surface area contributed by atoms with E-state index in [1.165, 1.54) is 6.20 Å². The molecule has 0 spiro atoms. The highest BCUT2D eigenvalue weighted by Gasteiger charge is 2.15. The average Bonchev–Trinajstić information content (AvgIpc) is 2.97. The molecule has 2 aromatic heterocycles. The summed E-state index contributed by atoms with van der Waals surface area (Å²) in [6.07, 6.45) is 1.44. The molecule has 19 heavy (non-hydrogen) atoms. The molecule has 0 aliphatic heterocycles. The van der Waals surface area contributed by atoms with Crippen molar-refractivity contribution < 1.29 is 8.42 Å². The van der Waals surface area contributed by atoms with E-state index in [4.69, 9.17) is 0 Å². The first-order chi connectivity index (χ1) is 9.01. The number of hydrogen-bond acceptors (Lipinski definition) is 5. The number of aromatic amines is 2. The summed E-state index contributed by atoms with van der Waals surface area (Å²) in [6, 6.07) is 1.56. The summed E-state index contributed by atoms with van der Waals surface area (Å²) >= 11 is 1.00. The molecular weight excluding hydrogens is 288 g/mol. The Morgan fingerprint density at radius 1 is 1.32 bits per heavy atom. The first-order valence-corrected chi connectivity index (χ1v) is 7.86. The molecule has 0 unspecified atom stereocenters. The van der Waals surface area contributed by atoms with Crippen LogP contribution in [0.25, 0.3) is 0 Å². The van der Waals surface area contributed by atoms with E-state index >= 15 is 0 Å². The minimum absolute atomic E-state index is 0.0631. The summed E-state index contributed by atoms with van der Waals surface area (Å²) in [5.74, 6) is 0. The maximum absolute atomic E-state index is 12.0. The van der Waals surface area contributed by atoms with Crippen molar-refractivity contribution >= 4 is 21.4 Å². The van der Waals surface area contributed by atoms with Gasteiger partial charge in [0.25, 0.3) is 0 Å². The molecular formula is C10H14N4O3S2. The third kappa shape index (κ3) is 3.53. The van der Waals surface area contributed by atoms with Gasteiger partial charge in [-0.05, 0) is 13.1 Å². The van der Waals surface area contributed by atoms with Gasteiger partial charge in [-0.1, -0.05) is 11.3 Å². The zero-order valence-electron chi connectivity index (χ0n) is 10.2. The fourth-order valence-corrected chi connectivity index (χ4v) is 3.13. The van der Waals surface area contributed by atoms with Crippen LogP contribution in [-0.4, -0.2) is 25.4 Å². The number of rotatable bonds is 6. The summed E-state index contributed by atoms with van der Waals surface area (Å²) in [5, 5.41) is 4.52. The van der Waals surface area contributed by atoms with Crippen molar-refractivity contribution in [3.05, 3.63) is 38.7 Å². The highest BCUT2D eigenvalue weighted by Crippen LogP contribution is 2.11. The van der Waals surface area contributed by atoms with E-state index in [1.54, 1.807) is 18.5 Å². The molecule has 4 N–H and O–H groups in total. The van der Waals surface area contributed by atoms with E-state index in [0.29, 0.717) is 12.2 Å². The Labute approximate surface area is 114 Å². The number of nitrogens with one attached hydrogen (secondary N) is 4. The van der Waals surface area contributed by atoms with Crippen molar-refractivity contribution in [1.29, 1.82) is 0 Å². The highest BCUT2D eigenvalue weighted by atomic mass is 32.2. The average molecular weight is 302 g/mol. The van der Waals surface area contributed by atoms with Crippen LogP contribution in [0.5, 0.6) is 0 Å². The van der Waals surface area contributed by atoms with Gasteiger partial charge in [0.15, 0.2) is 0 Å². The number of sulfonamides is 1. The second-order valence-corrected chi connectivity index (χ2v) is 6.50. The van der Waals surface area contributed by atoms with Crippen molar-refractivity contribution in [3.63, 3.8) is 0 Å². The van der Waals surface area contributed by atoms with Crippen LogP contribution in [0, 0.1) is 0 Å². The molecule has 0 aliphatic carbocycles. The summed E-state index contributed by atoms with van der Waals surface area (Å²) in [6.45, 7) is 0.626. The van der Waals surface area contributed by atoms with E-state index in [1.807, 2.05) is 0 Å². The van der Waals surface area contributed by atoms with Gasteiger partial charge >= 0.3 is 4.87 Å². The molecule has 0 fully saturated rings. The fraction of sp³-hybridized carbons (Fsp3) is 0.300. The van der Waals surface area contributed by atoms with E-state index in [2.05, 4.69) is 20.0 Å². The van der Waals surface area contributed by atoms with Gasteiger partial charge in [0.05, 0.1) is 11.4 Å². The van der Waals surface area contributed by atoms with Crippen LogP contribution < -0.4 is 14.9 Å². The van der Waals surface area contributed by atoms with Crippen molar-refractivity contribution in [3.8, 4) is 0 Å². The van der Waals surface area contributed by atoms with Gasteiger partial charge < -0.3 is 15.3 Å². The molecule has 7 nitrogen and oxygen atoms in total. The van der Waals surface area contributed by atoms with Crippen LogP contribution in [0.4, 0.5) is 0 Å². The van der Waals surface area contributed by atoms with Crippen molar-refractivity contribution in [2.24, 2.45) is 0 Å². The fourth-order valence-electron chi connectivity index (χ4n) is 1.52. The largest absolute Gasteiger partial charge is 0.363 e. The predicted octanol–water partition coefficient (Wildman–Crippen LogP) is -0.0376. The van der Waals surface area contributed by atoms with Gasteiger partial charge in [0.2, 0.25) is 10.0 Å². The molecule has 0 amide bonds. The Balaban J connectivity index is 2.06. The summed E-state index contributed by atoms with van der Waals surface area (Å²) < 4.78 is 26.4. The third-order valence-electron chi connectivity index (χ3n) is 2.42. The summed E-state index contributed by atoms with van der Waals surface area (Å²) in [4.78, 5) is 16.3. The predicted molar refractivity (Wildman–Crippen MR) is 72.5 cm³/mol. The van der Waals surface area contributed by atoms with Crippen LogP contribution in [0.3, 0.4) is 0 Å². The molecule has 104 valence electrons. The van der Waals surface area contributed by atoms with Gasteiger partial charge in [-0.25, -0.2) is 13.1 Å². The Hall–Kier alpha value is -1.42. The van der Waals surface area contributed by atoms with Crippen LogP contribution in [0.2, 0.25) is 0 Å². The maximum Gasteiger partial charge on any atom is 0.304 e. The van der Waals surface area contributed by atoms with Gasteiger partial charge in [-0.15, -0.1) is 0 Å². The normalized spacial score (nSPS) is 11.8. The SMILES string of the molecule is CNCc1cc(S(=O)(=O)NCc2csc(=O)[nH]2)c[nH]1. The minimum atomic E-state index is -3.57. The molecule has 0 bridgehead atoms. The smallest absolute Gasteiger partial charge is 0.304 e. The minimum Gasteiger partial charge on any atom is -0.363 e. The molecule has 0 saturated carbocycles. The van der Waals surface area contributed by atoms with E-state index < -0.39 is 10.0 Å². The van der Waals surface area contributed by atoms with E-state index in [-0.39, 0.29) is 16.3 Å². The van der Waals surface area contributed by atoms with Crippen LogP contribution in [0.15, 0.2) is 27.3 Å². The molecule has 0 atom stereocenters. The molecule has 2 rings (SSSR count). The van der Waals surface area contributed by atoms with E-state index in [0.717, 1.165) is 17.0 Å². The first kappa shape index (κ1) is 14.0. The van der Waals surface area contributed by atoms with Crippen molar-refractivity contribution in [1.82, 2.24) is 20.0 Å². The zero-order valence-corrected chi connectivity index (χ0v) is 11.8. The molecule has 0 saturated heterocycles. The second kappa shape index (κ2) is 5.70. The van der Waals surface area contributed by atoms with Gasteiger partial charge in [-0.2, -0.15) is 0 Å². The molecule has 2 heterocycles. The molecule has 0 aromatic carbocycles. The lowest BCUT2D eigenvalue weighted by Crippen LogP contribution is -2.23. The number of H-pyrrole nitrogens is 2. The van der Waals surface area contributed by atoms with Crippen molar-refractivity contribution in [2.75, 3.05) is 7.05 Å². The molecule has 9 heteroatoms. The van der Waals surface area contributed by atoms with E-state index in [9.17, 15) is 13.2 Å². The topological polar surface area (TPSA) is 107 Å². The number of thiazole rings is 1. The molecule has 2 aromatic rings. The second-order valence-electron chi connectivity index (χ2n) is 3.89. The van der Waals surface area contributed by atoms with Crippen molar-refractivity contribution in [2.45, 2.75) is 18.0 Å². The maximum atomic E-state index is 12.0. The highest BCUT2D eigenvalue weighted by molar-refractivity contribution is 7.89. The lowest BCUT2D eigenvalue weighted by atomic mass is 10.4. The Morgan fingerprint density at radius 2 is 2.11 bits per heavy atom. The Bertz CT molecular complexity index is 698. The first-order valence-electron chi connectivity index (χ1n) is 5.49. The molecule has 0 radical (unpaired) electrons. The quantitative estimate of drug-likeness (QED) is 0.601. The van der Waals surface area contributed by atoms with Crippen LogP contribution in [0.1, 0.15) is 11.4 Å². The lowest BCUT2D eigenvalue weighted by molar-refractivity contribution is 0.580. The lowest BCUT2D eigenvalue weighted by Gasteiger charge is -2.02. The van der Waals surface area contributed by atoms with Crippen LogP contribution >= 0.6 is 11.3 Å². The Kier molecular flexibility index (Phi) is 4.20. The standard InChI is InChI=1S/C10H14N4O3S2/c1-11-3-7-2-9(5-12-7)19(16,17)13-4-8-6-18-10(15)14-8/h2,5-6,11-13H,3-4H2,1H3,(H,14,15). The van der Waals surface area contributed by atoms with Gasteiger partial charge in [-0.3, -0.25) is 4.79 Å². The van der Waals surface area contributed by atoms with Crippen LogP contribution in [-0.2, 0) is 23.1 Å². The summed E-state index contributed by atoms with van der Waals surface area (Å²) in [5.41, 5.74) is 1.33. The third-order valence-corrected chi connectivity index (χ3v) is 4.52. The van der Waals surface area contributed by atoms with Gasteiger partial charge in [0.1, 0.15) is 0 Å².